The predicted molar refractivity (Wildman–Crippen MR) is 129 cm³/mol. The summed E-state index contributed by atoms with van der Waals surface area (Å²) in [5.74, 6) is -1.44. The van der Waals surface area contributed by atoms with E-state index >= 15 is 0 Å². The maximum Gasteiger partial charge on any atom is 0.251 e. The van der Waals surface area contributed by atoms with E-state index in [1.807, 2.05) is 6.07 Å². The zero-order chi connectivity index (χ0) is 24.9. The number of benzene rings is 1. The monoisotopic (exact) mass is 487 g/mol. The first-order valence-corrected chi connectivity index (χ1v) is 12.9. The fourth-order valence-corrected chi connectivity index (χ4v) is 4.32. The summed E-state index contributed by atoms with van der Waals surface area (Å²) in [6, 6.07) is 9.69. The van der Waals surface area contributed by atoms with E-state index in [1.165, 1.54) is 11.1 Å². The largest absolute Gasteiger partial charge is 0.343 e. The molecule has 0 radical (unpaired) electrons. The van der Waals surface area contributed by atoms with Crippen LogP contribution in [0.25, 0.3) is 0 Å². The van der Waals surface area contributed by atoms with Crippen molar-refractivity contribution in [1.29, 1.82) is 0 Å². The van der Waals surface area contributed by atoms with E-state index in [0.717, 1.165) is 6.26 Å². The fraction of sp³-hybridized carbons (Fsp3) is 0.391. The third-order valence-corrected chi connectivity index (χ3v) is 6.60. The van der Waals surface area contributed by atoms with Crippen LogP contribution in [0.4, 0.5) is 11.5 Å². The molecule has 3 rings (SSSR count). The molecule has 10 nitrogen and oxygen atoms in total. The number of nitrogens with zero attached hydrogens (tertiary/aromatic N) is 2. The van der Waals surface area contributed by atoms with Crippen LogP contribution in [-0.4, -0.2) is 68.3 Å². The molecule has 1 aromatic carbocycles. The Morgan fingerprint density at radius 3 is 2.50 bits per heavy atom. The van der Waals surface area contributed by atoms with E-state index < -0.39 is 45.7 Å². The minimum atomic E-state index is -3.40. The summed E-state index contributed by atoms with van der Waals surface area (Å²) in [4.78, 5) is 45.0. The lowest BCUT2D eigenvalue weighted by Gasteiger charge is -2.29. The van der Waals surface area contributed by atoms with E-state index in [2.05, 4.69) is 20.9 Å². The lowest BCUT2D eigenvalue weighted by molar-refractivity contribution is -0.129. The van der Waals surface area contributed by atoms with Crippen LogP contribution < -0.4 is 20.9 Å². The second-order valence-corrected chi connectivity index (χ2v) is 10.5. The molecule has 0 saturated heterocycles. The zero-order valence-electron chi connectivity index (χ0n) is 19.3. The Morgan fingerprint density at radius 2 is 1.85 bits per heavy atom. The number of nitrogens with one attached hydrogen (secondary N) is 3. The molecule has 2 aromatic rings. The molecule has 3 amide bonds. The highest BCUT2D eigenvalue weighted by molar-refractivity contribution is 7.90. The highest BCUT2D eigenvalue weighted by atomic mass is 32.2. The van der Waals surface area contributed by atoms with Crippen molar-refractivity contribution < 1.29 is 22.8 Å². The number of pyridine rings is 1. The molecule has 0 spiro atoms. The van der Waals surface area contributed by atoms with Gasteiger partial charge < -0.3 is 16.0 Å². The molecule has 0 fully saturated rings. The normalized spacial score (nSPS) is 16.9. The summed E-state index contributed by atoms with van der Waals surface area (Å²) in [6.07, 6.45) is 2.69. The number of rotatable bonds is 9. The summed E-state index contributed by atoms with van der Waals surface area (Å²) >= 11 is 0. The van der Waals surface area contributed by atoms with Crippen LogP contribution in [0.5, 0.6) is 0 Å². The van der Waals surface area contributed by atoms with Crippen molar-refractivity contribution in [2.45, 2.75) is 37.9 Å². The number of likely N-dealkylation sites (N-methyl/N-ethyl adjacent to an activating group) is 1. The minimum absolute atomic E-state index is 0.133. The van der Waals surface area contributed by atoms with Crippen molar-refractivity contribution in [2.24, 2.45) is 0 Å². The topological polar surface area (TPSA) is 138 Å². The Morgan fingerprint density at radius 1 is 1.15 bits per heavy atom. The molecule has 0 bridgehead atoms. The van der Waals surface area contributed by atoms with Crippen LogP contribution in [0.15, 0.2) is 48.7 Å². The quantitative estimate of drug-likeness (QED) is 0.468. The number of hydrogen-bond donors (Lipinski definition) is 3. The molecule has 1 unspecified atom stereocenters. The highest BCUT2D eigenvalue weighted by Gasteiger charge is 2.42. The first-order chi connectivity index (χ1) is 16.1. The fourth-order valence-electron chi connectivity index (χ4n) is 3.65. The Balaban J connectivity index is 1.92. The third-order valence-electron chi connectivity index (χ3n) is 5.62. The van der Waals surface area contributed by atoms with Crippen LogP contribution in [-0.2, 0) is 30.6 Å². The number of amides is 3. The minimum Gasteiger partial charge on any atom is -0.343 e. The lowest BCUT2D eigenvalue weighted by Crippen LogP contribution is -2.56. The maximum atomic E-state index is 13.7. The van der Waals surface area contributed by atoms with Gasteiger partial charge in [0.05, 0.1) is 11.8 Å². The average Bonchev–Trinajstić information content (AvgIpc) is 3.20. The molecule has 2 heterocycles. The molecule has 1 aliphatic rings. The first kappa shape index (κ1) is 25.3. The van der Waals surface area contributed by atoms with Crippen LogP contribution in [0, 0.1) is 0 Å². The molecule has 182 valence electrons. The molecular weight excluding hydrogens is 458 g/mol. The molecule has 1 aliphatic heterocycles. The second-order valence-electron chi connectivity index (χ2n) is 8.26. The molecule has 0 saturated carbocycles. The Bertz CT molecular complexity index is 1160. The van der Waals surface area contributed by atoms with Crippen LogP contribution in [0.2, 0.25) is 0 Å². The van der Waals surface area contributed by atoms with Crippen molar-refractivity contribution >= 4 is 39.1 Å². The van der Waals surface area contributed by atoms with Gasteiger partial charge in [-0.25, -0.2) is 13.4 Å². The van der Waals surface area contributed by atoms with E-state index in [0.29, 0.717) is 17.1 Å². The van der Waals surface area contributed by atoms with E-state index in [9.17, 15) is 22.8 Å². The molecule has 3 N–H and O–H groups in total. The SMILES string of the molecule is CN[C@@H](C)C(=O)N[C@@H](CCS(C)(=O)=O)C(=O)N1c2ncccc2CC1C(=O)Nc1ccccc1. The molecular formula is C23H29N5O5S. The Labute approximate surface area is 199 Å². The zero-order valence-corrected chi connectivity index (χ0v) is 20.1. The molecule has 1 aromatic heterocycles. The number of fused-ring (bicyclic) bond motifs is 1. The van der Waals surface area contributed by atoms with Gasteiger partial charge in [-0.2, -0.15) is 0 Å². The maximum absolute atomic E-state index is 13.7. The van der Waals surface area contributed by atoms with Crippen molar-refractivity contribution in [1.82, 2.24) is 15.6 Å². The van der Waals surface area contributed by atoms with E-state index in [-0.39, 0.29) is 18.6 Å². The number of sulfone groups is 1. The van der Waals surface area contributed by atoms with Gasteiger partial charge in [0.15, 0.2) is 0 Å². The number of carbonyl (C=O) groups is 3. The molecule has 0 aliphatic carbocycles. The number of carbonyl (C=O) groups excluding carboxylic acids is 3. The van der Waals surface area contributed by atoms with Gasteiger partial charge in [0.2, 0.25) is 11.8 Å². The van der Waals surface area contributed by atoms with Crippen molar-refractivity contribution in [2.75, 3.05) is 29.3 Å². The van der Waals surface area contributed by atoms with Gasteiger partial charge in [0, 0.05) is 24.6 Å². The molecule has 34 heavy (non-hydrogen) atoms. The smallest absolute Gasteiger partial charge is 0.251 e. The number of aromatic nitrogens is 1. The lowest BCUT2D eigenvalue weighted by atomic mass is 10.1. The van der Waals surface area contributed by atoms with Gasteiger partial charge in [-0.15, -0.1) is 0 Å². The summed E-state index contributed by atoms with van der Waals surface area (Å²) in [5.41, 5.74) is 1.29. The van der Waals surface area contributed by atoms with Crippen molar-refractivity contribution in [3.8, 4) is 0 Å². The number of anilines is 2. The molecule has 11 heteroatoms. The van der Waals surface area contributed by atoms with Gasteiger partial charge in [-0.05, 0) is 44.2 Å². The predicted octanol–water partition coefficient (Wildman–Crippen LogP) is 0.505. The van der Waals surface area contributed by atoms with Crippen molar-refractivity contribution in [3.63, 3.8) is 0 Å². The first-order valence-electron chi connectivity index (χ1n) is 10.9. The van der Waals surface area contributed by atoms with Gasteiger partial charge in [-0.3, -0.25) is 19.3 Å². The van der Waals surface area contributed by atoms with E-state index in [1.54, 1.807) is 50.4 Å². The Hall–Kier alpha value is -3.31. The summed E-state index contributed by atoms with van der Waals surface area (Å²) < 4.78 is 23.6. The summed E-state index contributed by atoms with van der Waals surface area (Å²) in [7, 11) is -1.80. The third kappa shape index (κ3) is 6.17. The highest BCUT2D eigenvalue weighted by Crippen LogP contribution is 2.31. The van der Waals surface area contributed by atoms with Crippen LogP contribution >= 0.6 is 0 Å². The Kier molecular flexibility index (Phi) is 8.00. The van der Waals surface area contributed by atoms with Crippen LogP contribution in [0.3, 0.4) is 0 Å². The van der Waals surface area contributed by atoms with Gasteiger partial charge in [0.25, 0.3) is 5.91 Å². The number of para-hydroxylation sites is 1. The summed E-state index contributed by atoms with van der Waals surface area (Å²) in [5, 5.41) is 8.24. The number of hydrogen-bond acceptors (Lipinski definition) is 7. The van der Waals surface area contributed by atoms with Gasteiger partial charge >= 0.3 is 0 Å². The van der Waals surface area contributed by atoms with E-state index in [4.69, 9.17) is 0 Å². The van der Waals surface area contributed by atoms with Crippen molar-refractivity contribution in [3.05, 3.63) is 54.2 Å². The molecule has 3 atom stereocenters. The average molecular weight is 488 g/mol. The standard InChI is InChI=1S/C23H29N5O5S/c1-15(24-2)21(29)27-18(11-13-34(3,32)33)23(31)28-19(14-16-8-7-12-25-20(16)28)22(30)26-17-9-5-4-6-10-17/h4-10,12,15,18-19,24H,11,13-14H2,1-3H3,(H,26,30)(H,27,29)/t15-,18-,19?/m0/s1. The second kappa shape index (κ2) is 10.7. The van der Waals surface area contributed by atoms with Gasteiger partial charge in [-0.1, -0.05) is 24.3 Å². The van der Waals surface area contributed by atoms with Crippen LogP contribution in [0.1, 0.15) is 18.9 Å². The van der Waals surface area contributed by atoms with Gasteiger partial charge in [0.1, 0.15) is 27.7 Å². The summed E-state index contributed by atoms with van der Waals surface area (Å²) in [6.45, 7) is 1.62.